The number of hydrogen-bond acceptors (Lipinski definition) is 5. The van der Waals surface area contributed by atoms with Crippen LogP contribution in [0.5, 0.6) is 5.75 Å². The second kappa shape index (κ2) is 6.39. The minimum absolute atomic E-state index is 0.0410. The van der Waals surface area contributed by atoms with Gasteiger partial charge in [0.2, 0.25) is 5.95 Å². The molecular weight excluding hydrogens is 349 g/mol. The van der Waals surface area contributed by atoms with Crippen molar-refractivity contribution in [3.05, 3.63) is 46.2 Å². The zero-order valence-electron chi connectivity index (χ0n) is 13.0. The summed E-state index contributed by atoms with van der Waals surface area (Å²) in [6.45, 7) is 2.94. The summed E-state index contributed by atoms with van der Waals surface area (Å²) in [7, 11) is 0. The van der Waals surface area contributed by atoms with E-state index in [0.717, 1.165) is 38.1 Å². The van der Waals surface area contributed by atoms with Crippen LogP contribution in [-0.2, 0) is 11.3 Å². The molecule has 1 atom stereocenters. The average Bonchev–Trinajstić information content (AvgIpc) is 3.01. The van der Waals surface area contributed by atoms with Crippen LogP contribution in [0, 0.1) is 0 Å². The quantitative estimate of drug-likeness (QED) is 0.825. The first-order chi connectivity index (χ1) is 11.7. The Morgan fingerprint density at radius 3 is 2.46 bits per heavy atom. The van der Waals surface area contributed by atoms with Gasteiger partial charge in [0.25, 0.3) is 0 Å². The van der Waals surface area contributed by atoms with E-state index in [1.807, 2.05) is 0 Å². The molecule has 126 valence electrons. The van der Waals surface area contributed by atoms with Crippen molar-refractivity contribution in [3.63, 3.8) is 0 Å². The fourth-order valence-corrected chi connectivity index (χ4v) is 3.61. The van der Waals surface area contributed by atoms with Crippen molar-refractivity contribution in [2.75, 3.05) is 24.6 Å². The molecule has 2 fully saturated rings. The molecule has 2 aliphatic rings. The number of hydrogen-bond donors (Lipinski definition) is 0. The molecule has 2 aliphatic heterocycles. The lowest BCUT2D eigenvalue weighted by Crippen LogP contribution is -2.46. The highest BCUT2D eigenvalue weighted by Gasteiger charge is 2.45. The van der Waals surface area contributed by atoms with Crippen molar-refractivity contribution in [2.24, 2.45) is 0 Å². The molecule has 0 amide bonds. The van der Waals surface area contributed by atoms with Gasteiger partial charge in [0, 0.05) is 28.6 Å². The Kier molecular flexibility index (Phi) is 4.24. The van der Waals surface area contributed by atoms with Crippen LogP contribution in [0.15, 0.2) is 30.6 Å². The molecule has 24 heavy (non-hydrogen) atoms. The topological polar surface area (TPSA) is 47.5 Å². The van der Waals surface area contributed by atoms with E-state index in [4.69, 9.17) is 32.7 Å². The van der Waals surface area contributed by atoms with E-state index in [1.165, 1.54) is 0 Å². The number of benzene rings is 1. The van der Waals surface area contributed by atoms with Gasteiger partial charge in [-0.05, 0) is 18.6 Å². The van der Waals surface area contributed by atoms with Crippen LogP contribution in [0.1, 0.15) is 18.4 Å². The summed E-state index contributed by atoms with van der Waals surface area (Å²) in [4.78, 5) is 11.0. The summed E-state index contributed by atoms with van der Waals surface area (Å²) in [5, 5.41) is 1.17. The minimum Gasteiger partial charge on any atom is -0.486 e. The molecule has 3 heterocycles. The van der Waals surface area contributed by atoms with Crippen LogP contribution >= 0.6 is 23.2 Å². The number of halogens is 2. The van der Waals surface area contributed by atoms with Crippen LogP contribution < -0.4 is 9.64 Å². The number of aromatic nitrogens is 2. The van der Waals surface area contributed by atoms with Crippen molar-refractivity contribution < 1.29 is 9.47 Å². The Balaban J connectivity index is 1.39. The van der Waals surface area contributed by atoms with Gasteiger partial charge in [-0.2, -0.15) is 0 Å². The predicted molar refractivity (Wildman–Crippen MR) is 93.0 cm³/mol. The fourth-order valence-electron chi connectivity index (χ4n) is 3.10. The lowest BCUT2D eigenvalue weighted by molar-refractivity contribution is -0.130. The minimum atomic E-state index is 0.0410. The molecule has 2 saturated heterocycles. The van der Waals surface area contributed by atoms with Gasteiger partial charge in [-0.1, -0.05) is 29.3 Å². The molecule has 2 aromatic rings. The van der Waals surface area contributed by atoms with Crippen LogP contribution in [-0.4, -0.2) is 35.3 Å². The van der Waals surface area contributed by atoms with E-state index in [9.17, 15) is 0 Å². The third kappa shape index (κ3) is 3.04. The Bertz CT molecular complexity index is 715. The van der Waals surface area contributed by atoms with Crippen molar-refractivity contribution in [2.45, 2.75) is 25.0 Å². The Morgan fingerprint density at radius 1 is 1.17 bits per heavy atom. The Labute approximate surface area is 150 Å². The molecule has 0 N–H and O–H groups in total. The molecule has 0 aliphatic carbocycles. The van der Waals surface area contributed by atoms with Gasteiger partial charge < -0.3 is 14.4 Å². The smallest absolute Gasteiger partial charge is 0.225 e. The van der Waals surface area contributed by atoms with E-state index in [2.05, 4.69) is 14.9 Å². The first-order valence-electron chi connectivity index (χ1n) is 7.92. The van der Waals surface area contributed by atoms with Crippen molar-refractivity contribution in [1.82, 2.24) is 9.97 Å². The second-order valence-electron chi connectivity index (χ2n) is 6.16. The molecule has 0 radical (unpaired) electrons. The number of nitrogens with zero attached hydrogens (tertiary/aromatic N) is 3. The van der Waals surface area contributed by atoms with Crippen LogP contribution in [0.3, 0.4) is 0 Å². The van der Waals surface area contributed by atoms with Crippen LogP contribution in [0.25, 0.3) is 0 Å². The van der Waals surface area contributed by atoms with Gasteiger partial charge in [0.1, 0.15) is 6.61 Å². The number of anilines is 1. The molecule has 0 bridgehead atoms. The maximum absolute atomic E-state index is 6.14. The zero-order chi connectivity index (χ0) is 16.6. The summed E-state index contributed by atoms with van der Waals surface area (Å²) in [5.41, 5.74) is 0.799. The summed E-state index contributed by atoms with van der Waals surface area (Å²) < 4.78 is 11.4. The second-order valence-corrected chi connectivity index (χ2v) is 6.98. The van der Waals surface area contributed by atoms with Crippen molar-refractivity contribution >= 4 is 29.2 Å². The monoisotopic (exact) mass is 365 g/mol. The fraction of sp³-hybridized carbons (Fsp3) is 0.412. The number of rotatable bonds is 4. The van der Waals surface area contributed by atoms with Crippen LogP contribution in [0.2, 0.25) is 10.0 Å². The molecule has 1 aromatic carbocycles. The zero-order valence-corrected chi connectivity index (χ0v) is 14.6. The van der Waals surface area contributed by atoms with Gasteiger partial charge in [-0.3, -0.25) is 0 Å². The van der Waals surface area contributed by atoms with E-state index in [-0.39, 0.29) is 12.2 Å². The molecule has 0 saturated carbocycles. The van der Waals surface area contributed by atoms with Crippen molar-refractivity contribution in [3.8, 4) is 5.75 Å². The van der Waals surface area contributed by atoms with Crippen molar-refractivity contribution in [1.29, 1.82) is 0 Å². The summed E-state index contributed by atoms with van der Waals surface area (Å²) in [5.74, 6) is 1.30. The molecule has 5 nitrogen and oxygen atoms in total. The molecule has 1 unspecified atom stereocenters. The van der Waals surface area contributed by atoms with E-state index in [1.54, 1.807) is 30.6 Å². The summed E-state index contributed by atoms with van der Waals surface area (Å²) >= 11 is 12.3. The first kappa shape index (κ1) is 15.9. The maximum Gasteiger partial charge on any atom is 0.225 e. The molecule has 7 heteroatoms. The largest absolute Gasteiger partial charge is 0.486 e. The average molecular weight is 366 g/mol. The molecule has 4 rings (SSSR count). The van der Waals surface area contributed by atoms with Gasteiger partial charge >= 0.3 is 0 Å². The molecular formula is C17H17Cl2N3O2. The standard InChI is InChI=1S/C17H17Cl2N3O2/c18-14-2-1-3-15(19)13(14)10-23-12-8-20-16(21-9-12)22-6-4-17(11-22)5-7-24-17/h1-3,8-9H,4-7,10-11H2. The lowest BCUT2D eigenvalue weighted by atomic mass is 9.94. The highest BCUT2D eigenvalue weighted by molar-refractivity contribution is 6.35. The van der Waals surface area contributed by atoms with Gasteiger partial charge in [0.15, 0.2) is 5.75 Å². The normalized spacial score (nSPS) is 22.7. The van der Waals surface area contributed by atoms with E-state index < -0.39 is 0 Å². The third-order valence-corrected chi connectivity index (χ3v) is 5.33. The molecule has 1 spiro atoms. The number of ether oxygens (including phenoxy) is 2. The lowest BCUT2D eigenvalue weighted by Gasteiger charge is -2.38. The molecule has 1 aromatic heterocycles. The van der Waals surface area contributed by atoms with Gasteiger partial charge in [-0.25, -0.2) is 9.97 Å². The predicted octanol–water partition coefficient (Wildman–Crippen LogP) is 3.73. The highest BCUT2D eigenvalue weighted by atomic mass is 35.5. The maximum atomic E-state index is 6.14. The van der Waals surface area contributed by atoms with Gasteiger partial charge in [-0.15, -0.1) is 0 Å². The Morgan fingerprint density at radius 2 is 1.88 bits per heavy atom. The van der Waals surface area contributed by atoms with Crippen LogP contribution in [0.4, 0.5) is 5.95 Å². The van der Waals surface area contributed by atoms with Gasteiger partial charge in [0.05, 0.1) is 31.1 Å². The summed E-state index contributed by atoms with van der Waals surface area (Å²) in [6.07, 6.45) is 5.53. The third-order valence-electron chi connectivity index (χ3n) is 4.62. The highest BCUT2D eigenvalue weighted by Crippen LogP contribution is 2.37. The van der Waals surface area contributed by atoms with E-state index >= 15 is 0 Å². The summed E-state index contributed by atoms with van der Waals surface area (Å²) in [6, 6.07) is 5.38. The Hall–Kier alpha value is -1.56. The SMILES string of the molecule is Clc1cccc(Cl)c1COc1cnc(N2CCC3(CCO3)C2)nc1. The first-order valence-corrected chi connectivity index (χ1v) is 8.67. The van der Waals surface area contributed by atoms with E-state index in [0.29, 0.717) is 21.7 Å².